The number of carbonyl (C=O) groups excluding carboxylic acids is 1. The van der Waals surface area contributed by atoms with Crippen LogP contribution in [-0.2, 0) is 0 Å². The van der Waals surface area contributed by atoms with Gasteiger partial charge in [0.1, 0.15) is 5.75 Å². The largest absolute Gasteiger partial charge is 0.505 e. The molecule has 0 fully saturated rings. The van der Waals surface area contributed by atoms with E-state index in [0.29, 0.717) is 5.92 Å². The Hall–Kier alpha value is -1.58. The fourth-order valence-electron chi connectivity index (χ4n) is 1.54. The van der Waals surface area contributed by atoms with Crippen molar-refractivity contribution in [2.75, 3.05) is 0 Å². The van der Waals surface area contributed by atoms with Crippen LogP contribution in [0, 0.1) is 5.92 Å². The van der Waals surface area contributed by atoms with Crippen molar-refractivity contribution in [2.24, 2.45) is 5.92 Å². The minimum absolute atomic E-state index is 0.0824. The van der Waals surface area contributed by atoms with Gasteiger partial charge in [0, 0.05) is 12.2 Å². The van der Waals surface area contributed by atoms with Crippen molar-refractivity contribution in [1.82, 2.24) is 10.3 Å². The molecule has 1 aromatic heterocycles. The Balaban J connectivity index is 2.52. The van der Waals surface area contributed by atoms with Gasteiger partial charge in [-0.15, -0.1) is 0 Å². The van der Waals surface area contributed by atoms with E-state index in [4.69, 9.17) is 0 Å². The van der Waals surface area contributed by atoms with Crippen molar-refractivity contribution < 1.29 is 9.90 Å². The first kappa shape index (κ1) is 13.5. The summed E-state index contributed by atoms with van der Waals surface area (Å²) >= 11 is 0. The highest BCUT2D eigenvalue weighted by molar-refractivity contribution is 5.96. The Bertz CT molecular complexity index is 377. The zero-order valence-corrected chi connectivity index (χ0v) is 10.6. The fraction of sp³-hybridized carbons (Fsp3) is 0.538. The summed E-state index contributed by atoms with van der Waals surface area (Å²) in [6, 6.07) is 1.62. The van der Waals surface area contributed by atoms with Crippen LogP contribution in [0.1, 0.15) is 44.0 Å². The van der Waals surface area contributed by atoms with Crippen LogP contribution in [0.4, 0.5) is 0 Å². The number of rotatable bonds is 5. The predicted molar refractivity (Wildman–Crippen MR) is 66.9 cm³/mol. The van der Waals surface area contributed by atoms with Crippen LogP contribution in [-0.4, -0.2) is 22.0 Å². The highest BCUT2D eigenvalue weighted by Gasteiger charge is 2.13. The number of aromatic nitrogens is 1. The van der Waals surface area contributed by atoms with Gasteiger partial charge in [-0.3, -0.25) is 9.78 Å². The number of amides is 1. The van der Waals surface area contributed by atoms with Crippen LogP contribution in [0.15, 0.2) is 18.5 Å². The van der Waals surface area contributed by atoms with Crippen molar-refractivity contribution in [3.05, 3.63) is 24.0 Å². The van der Waals surface area contributed by atoms with Gasteiger partial charge in [-0.25, -0.2) is 0 Å². The summed E-state index contributed by atoms with van der Waals surface area (Å²) in [5.41, 5.74) is 0.274. The average Bonchev–Trinajstić information content (AvgIpc) is 2.26. The molecule has 94 valence electrons. The molecule has 17 heavy (non-hydrogen) atoms. The third kappa shape index (κ3) is 4.43. The zero-order valence-electron chi connectivity index (χ0n) is 10.6. The number of pyridine rings is 1. The lowest BCUT2D eigenvalue weighted by molar-refractivity contribution is 0.0934. The number of hydrogen-bond donors (Lipinski definition) is 2. The molecule has 0 saturated carbocycles. The molecule has 1 heterocycles. The molecular weight excluding hydrogens is 216 g/mol. The van der Waals surface area contributed by atoms with E-state index in [1.807, 2.05) is 6.92 Å². The molecule has 4 heteroatoms. The van der Waals surface area contributed by atoms with Crippen LogP contribution in [0.2, 0.25) is 0 Å². The Morgan fingerprint density at radius 3 is 2.71 bits per heavy atom. The van der Waals surface area contributed by atoms with Gasteiger partial charge in [0.15, 0.2) is 0 Å². The molecule has 1 amide bonds. The van der Waals surface area contributed by atoms with E-state index in [0.717, 1.165) is 12.8 Å². The number of aromatic hydroxyl groups is 1. The summed E-state index contributed by atoms with van der Waals surface area (Å²) in [7, 11) is 0. The van der Waals surface area contributed by atoms with Gasteiger partial charge in [-0.05, 0) is 31.7 Å². The minimum Gasteiger partial charge on any atom is -0.505 e. The third-order valence-corrected chi connectivity index (χ3v) is 2.60. The maximum absolute atomic E-state index is 11.8. The van der Waals surface area contributed by atoms with E-state index in [-0.39, 0.29) is 23.3 Å². The fourth-order valence-corrected chi connectivity index (χ4v) is 1.54. The van der Waals surface area contributed by atoms with E-state index < -0.39 is 0 Å². The molecule has 0 spiro atoms. The van der Waals surface area contributed by atoms with Gasteiger partial charge < -0.3 is 10.4 Å². The molecule has 1 aromatic rings. The lowest BCUT2D eigenvalue weighted by Gasteiger charge is -2.15. The van der Waals surface area contributed by atoms with Crippen molar-refractivity contribution >= 4 is 5.91 Å². The van der Waals surface area contributed by atoms with Crippen LogP contribution in [0.25, 0.3) is 0 Å². The lowest BCUT2D eigenvalue weighted by Crippen LogP contribution is -2.32. The molecule has 0 radical (unpaired) electrons. The van der Waals surface area contributed by atoms with E-state index in [1.54, 1.807) is 0 Å². The first-order valence-electron chi connectivity index (χ1n) is 5.94. The van der Waals surface area contributed by atoms with Crippen molar-refractivity contribution in [3.63, 3.8) is 0 Å². The van der Waals surface area contributed by atoms with Gasteiger partial charge >= 0.3 is 0 Å². The molecular formula is C13H20N2O2. The SMILES string of the molecule is CC(C)CCC(C)NC(=O)c1ccncc1O. The van der Waals surface area contributed by atoms with Gasteiger partial charge in [0.05, 0.1) is 11.8 Å². The van der Waals surface area contributed by atoms with Crippen molar-refractivity contribution in [1.29, 1.82) is 0 Å². The van der Waals surface area contributed by atoms with Gasteiger partial charge in [-0.1, -0.05) is 13.8 Å². The zero-order chi connectivity index (χ0) is 12.8. The molecule has 1 rings (SSSR count). The molecule has 0 saturated heterocycles. The van der Waals surface area contributed by atoms with E-state index in [9.17, 15) is 9.90 Å². The van der Waals surface area contributed by atoms with E-state index in [1.165, 1.54) is 18.5 Å². The summed E-state index contributed by atoms with van der Waals surface area (Å²) < 4.78 is 0. The molecule has 0 aliphatic heterocycles. The summed E-state index contributed by atoms with van der Waals surface area (Å²) in [6.45, 7) is 6.28. The summed E-state index contributed by atoms with van der Waals surface area (Å²) in [5.74, 6) is 0.297. The molecule has 1 atom stereocenters. The number of carbonyl (C=O) groups is 1. The van der Waals surface area contributed by atoms with Crippen molar-refractivity contribution in [3.8, 4) is 5.75 Å². The van der Waals surface area contributed by atoms with E-state index >= 15 is 0 Å². The maximum Gasteiger partial charge on any atom is 0.255 e. The standard InChI is InChI=1S/C13H20N2O2/c1-9(2)4-5-10(3)15-13(17)11-6-7-14-8-12(11)16/h6-10,16H,4-5H2,1-3H3,(H,15,17). The van der Waals surface area contributed by atoms with Crippen molar-refractivity contribution in [2.45, 2.75) is 39.7 Å². The second-order valence-electron chi connectivity index (χ2n) is 4.74. The van der Waals surface area contributed by atoms with Crippen LogP contribution < -0.4 is 5.32 Å². The molecule has 2 N–H and O–H groups in total. The maximum atomic E-state index is 11.8. The molecule has 4 nitrogen and oxygen atoms in total. The molecule has 0 aliphatic carbocycles. The van der Waals surface area contributed by atoms with Crippen LogP contribution in [0.3, 0.4) is 0 Å². The number of nitrogens with zero attached hydrogens (tertiary/aromatic N) is 1. The normalized spacial score (nSPS) is 12.5. The highest BCUT2D eigenvalue weighted by atomic mass is 16.3. The Kier molecular flexibility index (Phi) is 4.94. The highest BCUT2D eigenvalue weighted by Crippen LogP contribution is 2.14. The topological polar surface area (TPSA) is 62.2 Å². The predicted octanol–water partition coefficient (Wildman–Crippen LogP) is 2.34. The van der Waals surface area contributed by atoms with Crippen LogP contribution in [0.5, 0.6) is 5.75 Å². The smallest absolute Gasteiger partial charge is 0.255 e. The third-order valence-electron chi connectivity index (χ3n) is 2.60. The van der Waals surface area contributed by atoms with Gasteiger partial charge in [0.2, 0.25) is 0 Å². The molecule has 0 aliphatic rings. The molecule has 0 aromatic carbocycles. The van der Waals surface area contributed by atoms with E-state index in [2.05, 4.69) is 24.1 Å². The molecule has 1 unspecified atom stereocenters. The van der Waals surface area contributed by atoms with Gasteiger partial charge in [0.25, 0.3) is 5.91 Å². The Morgan fingerprint density at radius 2 is 2.12 bits per heavy atom. The number of hydrogen-bond acceptors (Lipinski definition) is 3. The van der Waals surface area contributed by atoms with Crippen LogP contribution >= 0.6 is 0 Å². The first-order chi connectivity index (χ1) is 8.00. The summed E-state index contributed by atoms with van der Waals surface area (Å²) in [5, 5.41) is 12.4. The monoisotopic (exact) mass is 236 g/mol. The quantitative estimate of drug-likeness (QED) is 0.824. The summed E-state index contributed by atoms with van der Waals surface area (Å²) in [4.78, 5) is 15.6. The second-order valence-corrected chi connectivity index (χ2v) is 4.74. The Morgan fingerprint density at radius 1 is 1.41 bits per heavy atom. The lowest BCUT2D eigenvalue weighted by atomic mass is 10.0. The molecule has 0 bridgehead atoms. The average molecular weight is 236 g/mol. The number of nitrogens with one attached hydrogen (secondary N) is 1. The summed E-state index contributed by atoms with van der Waals surface area (Å²) in [6.07, 6.45) is 4.78. The Labute approximate surface area is 102 Å². The minimum atomic E-state index is -0.249. The second kappa shape index (κ2) is 6.23. The first-order valence-corrected chi connectivity index (χ1v) is 5.94. The van der Waals surface area contributed by atoms with Gasteiger partial charge in [-0.2, -0.15) is 0 Å².